The molecule has 1 aliphatic carbocycles. The summed E-state index contributed by atoms with van der Waals surface area (Å²) in [4.78, 5) is 50.4. The summed E-state index contributed by atoms with van der Waals surface area (Å²) < 4.78 is 5.07. The van der Waals surface area contributed by atoms with Crippen molar-refractivity contribution >= 4 is 35.6 Å². The van der Waals surface area contributed by atoms with E-state index in [-0.39, 0.29) is 23.3 Å². The van der Waals surface area contributed by atoms with Gasteiger partial charge in [0.2, 0.25) is 5.91 Å². The van der Waals surface area contributed by atoms with Gasteiger partial charge in [0, 0.05) is 25.0 Å². The van der Waals surface area contributed by atoms with Gasteiger partial charge >= 0.3 is 12.0 Å². The molecule has 1 saturated carbocycles. The molecule has 0 spiro atoms. The zero-order valence-corrected chi connectivity index (χ0v) is 19.3. The minimum absolute atomic E-state index is 0.0212. The standard InChI is InChI=1S/C22H31N3O5S/c1-14-8-7-10-17(15(14)2)23-22(29)24-19(26)12-30-21(28)16-9-5-6-11-18(16)31-13-20(27)25(3)4/h5-6,9,11,14-15,17H,7-8,10,12-13H2,1-4H3,(H2,23,24,26,29)/t14-,15+,17+/m1/s1. The number of nitrogens with zero attached hydrogens (tertiary/aromatic N) is 1. The lowest BCUT2D eigenvalue weighted by Gasteiger charge is -2.34. The van der Waals surface area contributed by atoms with Crippen molar-refractivity contribution in [2.75, 3.05) is 26.5 Å². The second kappa shape index (κ2) is 11.7. The van der Waals surface area contributed by atoms with Gasteiger partial charge in [0.1, 0.15) is 0 Å². The number of nitrogens with one attached hydrogen (secondary N) is 2. The maximum Gasteiger partial charge on any atom is 0.339 e. The highest BCUT2D eigenvalue weighted by Gasteiger charge is 2.28. The molecule has 1 aromatic rings. The lowest BCUT2D eigenvalue weighted by atomic mass is 9.78. The van der Waals surface area contributed by atoms with Gasteiger partial charge in [-0.25, -0.2) is 9.59 Å². The van der Waals surface area contributed by atoms with E-state index in [9.17, 15) is 19.2 Å². The van der Waals surface area contributed by atoms with Crippen LogP contribution < -0.4 is 10.6 Å². The van der Waals surface area contributed by atoms with Gasteiger partial charge in [0.15, 0.2) is 6.61 Å². The largest absolute Gasteiger partial charge is 0.452 e. The van der Waals surface area contributed by atoms with E-state index < -0.39 is 24.5 Å². The van der Waals surface area contributed by atoms with Crippen LogP contribution in [0.25, 0.3) is 0 Å². The summed E-state index contributed by atoms with van der Waals surface area (Å²) in [5, 5.41) is 5.06. The maximum atomic E-state index is 12.4. The van der Waals surface area contributed by atoms with Gasteiger partial charge in [0.05, 0.1) is 11.3 Å². The molecule has 8 nitrogen and oxygen atoms in total. The number of ether oxygens (including phenoxy) is 1. The van der Waals surface area contributed by atoms with E-state index in [1.165, 1.54) is 16.7 Å². The van der Waals surface area contributed by atoms with Crippen LogP contribution in [0.5, 0.6) is 0 Å². The quantitative estimate of drug-likeness (QED) is 0.490. The number of thioether (sulfide) groups is 1. The fourth-order valence-electron chi connectivity index (χ4n) is 3.39. The molecular formula is C22H31N3O5S. The summed E-state index contributed by atoms with van der Waals surface area (Å²) in [5.74, 6) is -0.445. The summed E-state index contributed by atoms with van der Waals surface area (Å²) in [5.41, 5.74) is 0.265. The second-order valence-electron chi connectivity index (χ2n) is 8.04. The smallest absolute Gasteiger partial charge is 0.339 e. The van der Waals surface area contributed by atoms with Crippen LogP contribution in [0.4, 0.5) is 4.79 Å². The molecule has 1 aliphatic rings. The monoisotopic (exact) mass is 449 g/mol. The summed E-state index contributed by atoms with van der Waals surface area (Å²) in [6.45, 7) is 3.69. The fraction of sp³-hybridized carbons (Fsp3) is 0.545. The molecule has 3 atom stereocenters. The third-order valence-electron chi connectivity index (χ3n) is 5.57. The molecule has 0 aliphatic heterocycles. The molecule has 2 N–H and O–H groups in total. The van der Waals surface area contributed by atoms with Crippen molar-refractivity contribution in [3.63, 3.8) is 0 Å². The van der Waals surface area contributed by atoms with Gasteiger partial charge < -0.3 is 15.0 Å². The predicted octanol–water partition coefficient (Wildman–Crippen LogP) is 2.67. The van der Waals surface area contributed by atoms with E-state index >= 15 is 0 Å². The number of rotatable bonds is 7. The van der Waals surface area contributed by atoms with E-state index in [4.69, 9.17) is 4.74 Å². The van der Waals surface area contributed by atoms with Crippen molar-refractivity contribution in [2.45, 2.75) is 44.0 Å². The number of carbonyl (C=O) groups excluding carboxylic acids is 4. The second-order valence-corrected chi connectivity index (χ2v) is 9.06. The molecule has 0 unspecified atom stereocenters. The first kappa shape index (κ1) is 24.7. The number of hydrogen-bond acceptors (Lipinski definition) is 6. The zero-order valence-electron chi connectivity index (χ0n) is 18.5. The van der Waals surface area contributed by atoms with Gasteiger partial charge in [-0.2, -0.15) is 0 Å². The van der Waals surface area contributed by atoms with Crippen LogP contribution in [-0.2, 0) is 14.3 Å². The van der Waals surface area contributed by atoms with Crippen molar-refractivity contribution in [2.24, 2.45) is 11.8 Å². The van der Waals surface area contributed by atoms with Crippen molar-refractivity contribution in [1.29, 1.82) is 0 Å². The molecule has 0 aromatic heterocycles. The highest BCUT2D eigenvalue weighted by Crippen LogP contribution is 2.29. The molecule has 4 amide bonds. The zero-order chi connectivity index (χ0) is 23.0. The summed E-state index contributed by atoms with van der Waals surface area (Å²) in [6, 6.07) is 6.15. The molecule has 0 bridgehead atoms. The van der Waals surface area contributed by atoms with Crippen LogP contribution in [0, 0.1) is 11.8 Å². The van der Waals surface area contributed by atoms with Crippen LogP contribution in [0.2, 0.25) is 0 Å². The van der Waals surface area contributed by atoms with Gasteiger partial charge in [-0.15, -0.1) is 11.8 Å². The summed E-state index contributed by atoms with van der Waals surface area (Å²) >= 11 is 1.22. The Kier molecular flexibility index (Phi) is 9.36. The molecule has 170 valence electrons. The van der Waals surface area contributed by atoms with Gasteiger partial charge in [-0.1, -0.05) is 38.8 Å². The third-order valence-corrected chi connectivity index (χ3v) is 6.63. The van der Waals surface area contributed by atoms with Crippen molar-refractivity contribution in [1.82, 2.24) is 15.5 Å². The molecule has 31 heavy (non-hydrogen) atoms. The molecule has 1 fully saturated rings. The number of carbonyl (C=O) groups is 4. The van der Waals surface area contributed by atoms with E-state index in [1.54, 1.807) is 38.4 Å². The van der Waals surface area contributed by atoms with Crippen molar-refractivity contribution in [3.8, 4) is 0 Å². The summed E-state index contributed by atoms with van der Waals surface area (Å²) in [6.07, 6.45) is 3.06. The lowest BCUT2D eigenvalue weighted by molar-refractivity contribution is -0.126. The van der Waals surface area contributed by atoms with E-state index in [1.807, 2.05) is 0 Å². The Balaban J connectivity index is 1.83. The minimum Gasteiger partial charge on any atom is -0.452 e. The topological polar surface area (TPSA) is 105 Å². The average molecular weight is 450 g/mol. The number of benzene rings is 1. The molecule has 2 rings (SSSR count). The Bertz CT molecular complexity index is 814. The molecule has 0 radical (unpaired) electrons. The van der Waals surface area contributed by atoms with Crippen molar-refractivity contribution < 1.29 is 23.9 Å². The number of hydrogen-bond donors (Lipinski definition) is 2. The van der Waals surface area contributed by atoms with Gasteiger partial charge in [-0.05, 0) is 30.4 Å². The van der Waals surface area contributed by atoms with Crippen LogP contribution in [-0.4, -0.2) is 61.2 Å². The SMILES string of the molecule is C[C@H]1[C@H](C)CCC[C@@H]1NC(=O)NC(=O)COC(=O)c1ccccc1SCC(=O)N(C)C. The number of esters is 1. The lowest BCUT2D eigenvalue weighted by Crippen LogP contribution is -2.49. The molecule has 1 aromatic carbocycles. The first-order valence-corrected chi connectivity index (χ1v) is 11.4. The average Bonchev–Trinajstić information content (AvgIpc) is 2.73. The van der Waals surface area contributed by atoms with Crippen LogP contribution in [0.1, 0.15) is 43.5 Å². The van der Waals surface area contributed by atoms with Gasteiger partial charge in [-0.3, -0.25) is 14.9 Å². The predicted molar refractivity (Wildman–Crippen MR) is 119 cm³/mol. The van der Waals surface area contributed by atoms with Crippen LogP contribution >= 0.6 is 11.8 Å². The fourth-order valence-corrected chi connectivity index (χ4v) is 4.41. The van der Waals surface area contributed by atoms with Crippen LogP contribution in [0.3, 0.4) is 0 Å². The minimum atomic E-state index is -0.699. The van der Waals surface area contributed by atoms with Gasteiger partial charge in [0.25, 0.3) is 5.91 Å². The molecular weight excluding hydrogens is 418 g/mol. The maximum absolute atomic E-state index is 12.4. The first-order chi connectivity index (χ1) is 14.7. The highest BCUT2D eigenvalue weighted by molar-refractivity contribution is 8.00. The number of urea groups is 1. The number of amides is 4. The van der Waals surface area contributed by atoms with Crippen molar-refractivity contribution in [3.05, 3.63) is 29.8 Å². The molecule has 0 saturated heterocycles. The molecule has 0 heterocycles. The highest BCUT2D eigenvalue weighted by atomic mass is 32.2. The number of imide groups is 1. The third kappa shape index (κ3) is 7.57. The Morgan fingerprint density at radius 1 is 1.13 bits per heavy atom. The Hall–Kier alpha value is -2.55. The summed E-state index contributed by atoms with van der Waals surface area (Å²) in [7, 11) is 3.32. The normalized spacial score (nSPS) is 20.5. The van der Waals surface area contributed by atoms with E-state index in [0.29, 0.717) is 16.7 Å². The molecule has 9 heteroatoms. The van der Waals surface area contributed by atoms with E-state index in [2.05, 4.69) is 24.5 Å². The van der Waals surface area contributed by atoms with E-state index in [0.717, 1.165) is 19.3 Å². The Labute approximate surface area is 187 Å². The Morgan fingerprint density at radius 2 is 1.84 bits per heavy atom. The Morgan fingerprint density at radius 3 is 2.55 bits per heavy atom. The first-order valence-electron chi connectivity index (χ1n) is 10.4. The van der Waals surface area contributed by atoms with Crippen LogP contribution in [0.15, 0.2) is 29.2 Å².